The Kier molecular flexibility index (Phi) is 6.76. The number of carbonyl (C=O) groups is 4. The van der Waals surface area contributed by atoms with Gasteiger partial charge in [0.1, 0.15) is 22.8 Å². The molecule has 0 bridgehead atoms. The first kappa shape index (κ1) is 26.6. The third-order valence-corrected chi connectivity index (χ3v) is 7.91. The Labute approximate surface area is 214 Å². The Balaban J connectivity index is 1.90. The van der Waals surface area contributed by atoms with Gasteiger partial charge in [0.05, 0.1) is 11.6 Å². The number of rotatable bonds is 7. The van der Waals surface area contributed by atoms with Crippen molar-refractivity contribution in [3.05, 3.63) is 45.7 Å². The molecule has 1 aromatic carbocycles. The number of aliphatic hydroxyl groups excluding tert-OH is 2. The number of nitrogens with zero attached hydrogens (tertiary/aromatic N) is 1. The normalized spacial score (nSPS) is 27.2. The Bertz CT molecular complexity index is 1280. The van der Waals surface area contributed by atoms with Gasteiger partial charge in [-0.05, 0) is 57.0 Å². The van der Waals surface area contributed by atoms with Crippen molar-refractivity contribution in [2.75, 3.05) is 14.1 Å². The maximum atomic E-state index is 13.8. The number of amides is 1. The third kappa shape index (κ3) is 3.86. The van der Waals surface area contributed by atoms with Crippen LogP contribution in [0.3, 0.4) is 0 Å². The van der Waals surface area contributed by atoms with E-state index in [0.29, 0.717) is 24.0 Å². The maximum Gasteiger partial charge on any atom is 0.255 e. The van der Waals surface area contributed by atoms with Gasteiger partial charge in [0.15, 0.2) is 17.2 Å². The minimum absolute atomic E-state index is 0.0229. The SMILES string of the molecule is CCCCCC(=O)c1ccc(O)c2c1C[C@@H]1C[C@@H]3[C@@H](N(C)C)C(=O)C(C(N)=O)=C(O)[C@@]3(O)C(=O)C1=C2O. The van der Waals surface area contributed by atoms with E-state index in [1.165, 1.54) is 17.0 Å². The highest BCUT2D eigenvalue weighted by molar-refractivity contribution is 6.24. The number of nitrogens with two attached hydrogens (primary N) is 1. The van der Waals surface area contributed by atoms with Crippen molar-refractivity contribution < 1.29 is 39.6 Å². The van der Waals surface area contributed by atoms with Crippen molar-refractivity contribution in [3.8, 4) is 5.75 Å². The summed E-state index contributed by atoms with van der Waals surface area (Å²) in [7, 11) is 3.08. The average molecular weight is 513 g/mol. The molecule has 10 nitrogen and oxygen atoms in total. The van der Waals surface area contributed by atoms with Crippen molar-refractivity contribution in [3.63, 3.8) is 0 Å². The molecule has 198 valence electrons. The molecule has 0 aromatic heterocycles. The minimum Gasteiger partial charge on any atom is -0.508 e. The van der Waals surface area contributed by atoms with Crippen LogP contribution < -0.4 is 5.73 Å². The molecule has 1 aromatic rings. The van der Waals surface area contributed by atoms with E-state index >= 15 is 0 Å². The fourth-order valence-electron chi connectivity index (χ4n) is 6.18. The number of aromatic hydroxyl groups is 1. The summed E-state index contributed by atoms with van der Waals surface area (Å²) in [5.41, 5.74) is 2.20. The largest absolute Gasteiger partial charge is 0.508 e. The van der Waals surface area contributed by atoms with Crippen molar-refractivity contribution in [2.24, 2.45) is 17.6 Å². The Morgan fingerprint density at radius 1 is 1.14 bits per heavy atom. The van der Waals surface area contributed by atoms with E-state index in [0.717, 1.165) is 12.8 Å². The maximum absolute atomic E-state index is 13.8. The van der Waals surface area contributed by atoms with Crippen LogP contribution in [0.15, 0.2) is 29.0 Å². The molecule has 4 rings (SSSR count). The number of ketones is 3. The van der Waals surface area contributed by atoms with E-state index in [1.54, 1.807) is 14.1 Å². The first-order valence-corrected chi connectivity index (χ1v) is 12.4. The highest BCUT2D eigenvalue weighted by Crippen LogP contribution is 2.53. The molecule has 1 saturated carbocycles. The molecule has 0 spiro atoms. The number of benzene rings is 1. The lowest BCUT2D eigenvalue weighted by atomic mass is 9.57. The molecule has 1 amide bonds. The summed E-state index contributed by atoms with van der Waals surface area (Å²) in [6.07, 6.45) is 2.87. The molecule has 0 aliphatic heterocycles. The molecule has 0 radical (unpaired) electrons. The van der Waals surface area contributed by atoms with Crippen LogP contribution in [0.2, 0.25) is 0 Å². The summed E-state index contributed by atoms with van der Waals surface area (Å²) in [6, 6.07) is 1.62. The van der Waals surface area contributed by atoms with Crippen LogP contribution >= 0.6 is 0 Å². The van der Waals surface area contributed by atoms with Crippen molar-refractivity contribution >= 4 is 29.0 Å². The summed E-state index contributed by atoms with van der Waals surface area (Å²) in [6.45, 7) is 2.02. The molecular weight excluding hydrogens is 480 g/mol. The molecule has 0 heterocycles. The van der Waals surface area contributed by atoms with Gasteiger partial charge in [-0.15, -0.1) is 0 Å². The number of hydrogen-bond acceptors (Lipinski definition) is 9. The van der Waals surface area contributed by atoms with E-state index in [-0.39, 0.29) is 35.5 Å². The molecule has 10 heteroatoms. The van der Waals surface area contributed by atoms with Crippen molar-refractivity contribution in [1.82, 2.24) is 4.90 Å². The Hall–Kier alpha value is -3.50. The lowest BCUT2D eigenvalue weighted by Crippen LogP contribution is -2.65. The summed E-state index contributed by atoms with van der Waals surface area (Å²) < 4.78 is 0. The third-order valence-electron chi connectivity index (χ3n) is 7.91. The smallest absolute Gasteiger partial charge is 0.255 e. The van der Waals surface area contributed by atoms with Crippen LogP contribution in [0, 0.1) is 11.8 Å². The van der Waals surface area contributed by atoms with E-state index in [9.17, 15) is 39.6 Å². The van der Waals surface area contributed by atoms with Crippen LogP contribution in [0.1, 0.15) is 60.5 Å². The molecule has 0 unspecified atom stereocenters. The van der Waals surface area contributed by atoms with Crippen LogP contribution in [-0.2, 0) is 20.8 Å². The number of hydrogen-bond donors (Lipinski definition) is 5. The standard InChI is InChI=1S/C27H32N2O8/c1-4-5-6-7-16(30)13-8-9-17(31)19-14(13)10-12-11-15-21(29(2)3)23(33)20(26(28)36)25(35)27(15,37)24(34)18(12)22(19)32/h8-9,12,15,21,31-32,35,37H,4-7,10-11H2,1-3H3,(H2,28,36)/t12-,15-,21-,27+/m1/s1. The van der Waals surface area contributed by atoms with Gasteiger partial charge in [-0.2, -0.15) is 0 Å². The highest BCUT2D eigenvalue weighted by atomic mass is 16.3. The van der Waals surface area contributed by atoms with Gasteiger partial charge in [0.2, 0.25) is 5.78 Å². The van der Waals surface area contributed by atoms with Gasteiger partial charge in [-0.3, -0.25) is 24.1 Å². The van der Waals surface area contributed by atoms with Crippen molar-refractivity contribution in [1.29, 1.82) is 0 Å². The van der Waals surface area contributed by atoms with Crippen LogP contribution in [0.25, 0.3) is 5.76 Å². The summed E-state index contributed by atoms with van der Waals surface area (Å²) in [5.74, 6) is -7.27. The highest BCUT2D eigenvalue weighted by Gasteiger charge is 2.64. The first-order chi connectivity index (χ1) is 17.4. The number of fused-ring (bicyclic) bond motifs is 3. The average Bonchev–Trinajstić information content (AvgIpc) is 2.81. The Morgan fingerprint density at radius 2 is 1.81 bits per heavy atom. The number of likely N-dealkylation sites (N-methyl/N-ethyl adjacent to an activating group) is 1. The van der Waals surface area contributed by atoms with Gasteiger partial charge < -0.3 is 26.2 Å². The fraction of sp³-hybridized carbons (Fsp3) is 0.481. The van der Waals surface area contributed by atoms with Gasteiger partial charge in [0, 0.05) is 23.5 Å². The predicted octanol–water partition coefficient (Wildman–Crippen LogP) is 1.73. The molecule has 6 N–H and O–H groups in total. The van der Waals surface area contributed by atoms with E-state index in [2.05, 4.69) is 0 Å². The van der Waals surface area contributed by atoms with Crippen LogP contribution in [0.5, 0.6) is 5.75 Å². The molecule has 3 aliphatic carbocycles. The Morgan fingerprint density at radius 3 is 2.41 bits per heavy atom. The molecule has 1 fully saturated rings. The van der Waals surface area contributed by atoms with E-state index in [1.807, 2.05) is 6.92 Å². The molecule has 0 saturated heterocycles. The zero-order chi connectivity index (χ0) is 27.4. The second-order valence-corrected chi connectivity index (χ2v) is 10.3. The minimum atomic E-state index is -2.69. The van der Waals surface area contributed by atoms with Gasteiger partial charge in [-0.25, -0.2) is 0 Å². The number of unbranched alkanes of at least 4 members (excludes halogenated alkanes) is 2. The number of aliphatic hydroxyl groups is 3. The zero-order valence-corrected chi connectivity index (χ0v) is 21.1. The van der Waals surface area contributed by atoms with Crippen LogP contribution in [-0.4, -0.2) is 74.3 Å². The predicted molar refractivity (Wildman–Crippen MR) is 133 cm³/mol. The van der Waals surface area contributed by atoms with Crippen LogP contribution in [0.4, 0.5) is 0 Å². The summed E-state index contributed by atoms with van der Waals surface area (Å²) in [5, 5.41) is 44.3. The molecule has 37 heavy (non-hydrogen) atoms. The second-order valence-electron chi connectivity index (χ2n) is 10.3. The topological polar surface area (TPSA) is 178 Å². The fourth-order valence-corrected chi connectivity index (χ4v) is 6.18. The van der Waals surface area contributed by atoms with Gasteiger partial charge in [-0.1, -0.05) is 19.8 Å². The number of phenolic OH excluding ortho intramolecular Hbond substituents is 1. The van der Waals surface area contributed by atoms with Crippen molar-refractivity contribution in [2.45, 2.75) is 57.1 Å². The van der Waals surface area contributed by atoms with E-state index in [4.69, 9.17) is 5.73 Å². The van der Waals surface area contributed by atoms with Gasteiger partial charge >= 0.3 is 0 Å². The lowest BCUT2D eigenvalue weighted by molar-refractivity contribution is -0.153. The molecule has 3 aliphatic rings. The van der Waals surface area contributed by atoms with Gasteiger partial charge in [0.25, 0.3) is 5.91 Å². The molecular formula is C27H32N2O8. The lowest BCUT2D eigenvalue weighted by Gasteiger charge is -2.50. The first-order valence-electron chi connectivity index (χ1n) is 12.4. The summed E-state index contributed by atoms with van der Waals surface area (Å²) in [4.78, 5) is 53.4. The quantitative estimate of drug-likeness (QED) is 0.207. The molecule has 4 atom stereocenters. The number of Topliss-reactive ketones (excluding diaryl/α,β-unsaturated/α-hetero) is 3. The second kappa shape index (κ2) is 9.42. The number of phenols is 1. The zero-order valence-electron chi connectivity index (χ0n) is 21.1. The summed E-state index contributed by atoms with van der Waals surface area (Å²) >= 11 is 0. The van der Waals surface area contributed by atoms with E-state index < -0.39 is 58.0 Å². The number of primary amides is 1. The number of carbonyl (C=O) groups excluding carboxylic acids is 4. The monoisotopic (exact) mass is 512 g/mol.